The van der Waals surface area contributed by atoms with Gasteiger partial charge in [0.2, 0.25) is 5.95 Å². The van der Waals surface area contributed by atoms with Gasteiger partial charge < -0.3 is 10.8 Å². The van der Waals surface area contributed by atoms with Crippen molar-refractivity contribution in [2.45, 2.75) is 38.7 Å². The largest absolute Gasteiger partial charge is 0.416 e. The molecule has 0 aliphatic heterocycles. The quantitative estimate of drug-likeness (QED) is 0.401. The number of aliphatic hydroxyl groups is 1. The molecule has 4 N–H and O–H groups in total. The van der Waals surface area contributed by atoms with Gasteiger partial charge in [0.25, 0.3) is 0 Å². The van der Waals surface area contributed by atoms with Crippen LogP contribution in [0.4, 0.5) is 23.5 Å². The van der Waals surface area contributed by atoms with Crippen LogP contribution in [0.3, 0.4) is 0 Å². The number of aromatic nitrogens is 2. The van der Waals surface area contributed by atoms with Crippen LogP contribution in [0.25, 0.3) is 22.3 Å². The minimum Gasteiger partial charge on any atom is -0.374 e. The summed E-state index contributed by atoms with van der Waals surface area (Å²) >= 11 is 0. The van der Waals surface area contributed by atoms with E-state index in [1.165, 1.54) is 30.6 Å². The molecular formula is C22H22F4N4O. The van der Waals surface area contributed by atoms with E-state index in [2.05, 4.69) is 15.3 Å². The Bertz CT molecular complexity index is 1080. The minimum absolute atomic E-state index is 0.00674. The van der Waals surface area contributed by atoms with Gasteiger partial charge in [0, 0.05) is 34.6 Å². The Balaban J connectivity index is 2.08. The Morgan fingerprint density at radius 2 is 1.55 bits per heavy atom. The average Bonchev–Trinajstić information content (AvgIpc) is 2.66. The fourth-order valence-corrected chi connectivity index (χ4v) is 3.11. The molecular weight excluding hydrogens is 412 g/mol. The monoisotopic (exact) mass is 434 g/mol. The number of nitrogens with two attached hydrogens (primary N) is 1. The summed E-state index contributed by atoms with van der Waals surface area (Å²) in [5.74, 6) is -0.564. The maximum atomic E-state index is 14.8. The molecule has 0 saturated carbocycles. The molecule has 1 atom stereocenters. The van der Waals surface area contributed by atoms with Crippen molar-refractivity contribution in [3.05, 3.63) is 65.7 Å². The summed E-state index contributed by atoms with van der Waals surface area (Å²) in [5, 5.41) is 13.5. The molecule has 0 amide bonds. The van der Waals surface area contributed by atoms with Crippen LogP contribution in [-0.4, -0.2) is 20.6 Å². The highest BCUT2D eigenvalue weighted by molar-refractivity contribution is 5.73. The Morgan fingerprint density at radius 1 is 0.935 bits per heavy atom. The second-order valence-corrected chi connectivity index (χ2v) is 8.12. The summed E-state index contributed by atoms with van der Waals surface area (Å²) in [6.45, 7) is 5.31. The van der Waals surface area contributed by atoms with Crippen LogP contribution in [0, 0.1) is 5.82 Å². The molecule has 1 aromatic heterocycles. The van der Waals surface area contributed by atoms with Gasteiger partial charge in [-0.25, -0.2) is 14.4 Å². The SMILES string of the molecule is CC(C)(C)NC(O)c1cc(C(F)(F)F)ccc1-c1ccc(-c2cnc(N)nc2)c(F)c1. The van der Waals surface area contributed by atoms with Gasteiger partial charge in [-0.2, -0.15) is 13.2 Å². The standard InChI is InChI=1S/C22H22F4N4O/c1-21(2,3)30-19(31)17-9-14(22(24,25)26)5-7-15(17)12-4-6-16(18(23)8-12)13-10-28-20(27)29-11-13/h4-11,19,30-31H,1-3H3,(H2,27,28,29). The third-order valence-corrected chi connectivity index (χ3v) is 4.51. The lowest BCUT2D eigenvalue weighted by Gasteiger charge is -2.27. The van der Waals surface area contributed by atoms with E-state index in [-0.39, 0.29) is 22.6 Å². The summed E-state index contributed by atoms with van der Waals surface area (Å²) in [6, 6.07) is 7.24. The number of nitrogen functional groups attached to an aromatic ring is 1. The van der Waals surface area contributed by atoms with E-state index in [9.17, 15) is 22.7 Å². The number of hydrogen-bond donors (Lipinski definition) is 3. The molecule has 0 aliphatic carbocycles. The van der Waals surface area contributed by atoms with E-state index in [0.717, 1.165) is 12.1 Å². The van der Waals surface area contributed by atoms with Gasteiger partial charge in [-0.3, -0.25) is 5.32 Å². The lowest BCUT2D eigenvalue weighted by atomic mass is 9.94. The van der Waals surface area contributed by atoms with Crippen molar-refractivity contribution in [1.82, 2.24) is 15.3 Å². The Morgan fingerprint density at radius 3 is 2.10 bits per heavy atom. The van der Waals surface area contributed by atoms with Crippen LogP contribution in [-0.2, 0) is 6.18 Å². The molecule has 0 bridgehead atoms. The number of halogens is 4. The molecule has 0 spiro atoms. The number of rotatable bonds is 4. The third-order valence-electron chi connectivity index (χ3n) is 4.51. The van der Waals surface area contributed by atoms with Crippen molar-refractivity contribution in [3.63, 3.8) is 0 Å². The van der Waals surface area contributed by atoms with Gasteiger partial charge in [-0.05, 0) is 50.1 Å². The second kappa shape index (κ2) is 8.24. The van der Waals surface area contributed by atoms with E-state index in [1.807, 2.05) is 0 Å². The number of hydrogen-bond acceptors (Lipinski definition) is 5. The third kappa shape index (κ3) is 5.36. The first kappa shape index (κ1) is 22.6. The molecule has 9 heteroatoms. The average molecular weight is 434 g/mol. The Hall–Kier alpha value is -3.04. The summed E-state index contributed by atoms with van der Waals surface area (Å²) < 4.78 is 54.6. The van der Waals surface area contributed by atoms with Gasteiger partial charge >= 0.3 is 6.18 Å². The smallest absolute Gasteiger partial charge is 0.374 e. The van der Waals surface area contributed by atoms with Crippen LogP contribution in [0.2, 0.25) is 0 Å². The van der Waals surface area contributed by atoms with Crippen molar-refractivity contribution < 1.29 is 22.7 Å². The molecule has 0 saturated heterocycles. The van der Waals surface area contributed by atoms with Gasteiger partial charge in [0.15, 0.2) is 0 Å². The highest BCUT2D eigenvalue weighted by Crippen LogP contribution is 2.37. The normalized spacial score (nSPS) is 13.3. The maximum absolute atomic E-state index is 14.8. The molecule has 31 heavy (non-hydrogen) atoms. The lowest BCUT2D eigenvalue weighted by molar-refractivity contribution is -0.137. The predicted molar refractivity (Wildman–Crippen MR) is 110 cm³/mol. The van der Waals surface area contributed by atoms with Crippen LogP contribution in [0.5, 0.6) is 0 Å². The summed E-state index contributed by atoms with van der Waals surface area (Å²) in [6.07, 6.45) is -3.23. The minimum atomic E-state index is -4.58. The van der Waals surface area contributed by atoms with E-state index < -0.39 is 29.3 Å². The number of nitrogens with one attached hydrogen (secondary N) is 1. The molecule has 0 fully saturated rings. The summed E-state index contributed by atoms with van der Waals surface area (Å²) in [5.41, 5.74) is 5.17. The van der Waals surface area contributed by atoms with Crippen molar-refractivity contribution in [3.8, 4) is 22.3 Å². The first-order valence-corrected chi connectivity index (χ1v) is 9.40. The van der Waals surface area contributed by atoms with Crippen LogP contribution in [0.15, 0.2) is 48.8 Å². The fraction of sp³-hybridized carbons (Fsp3) is 0.273. The van der Waals surface area contributed by atoms with Gasteiger partial charge in [0.1, 0.15) is 12.0 Å². The first-order chi connectivity index (χ1) is 14.3. The predicted octanol–water partition coefficient (Wildman–Crippen LogP) is 4.93. The topological polar surface area (TPSA) is 84.1 Å². The number of nitrogens with zero attached hydrogens (tertiary/aromatic N) is 2. The number of benzene rings is 2. The molecule has 164 valence electrons. The van der Waals surface area contributed by atoms with E-state index in [1.54, 1.807) is 26.8 Å². The highest BCUT2D eigenvalue weighted by atomic mass is 19.4. The summed E-state index contributed by atoms with van der Waals surface area (Å²) in [4.78, 5) is 7.67. The molecule has 1 heterocycles. The van der Waals surface area contributed by atoms with E-state index >= 15 is 0 Å². The molecule has 1 unspecified atom stereocenters. The zero-order valence-electron chi connectivity index (χ0n) is 17.1. The zero-order valence-corrected chi connectivity index (χ0v) is 17.1. The molecule has 2 aromatic carbocycles. The van der Waals surface area contributed by atoms with Crippen molar-refractivity contribution in [2.24, 2.45) is 0 Å². The number of anilines is 1. The number of alkyl halides is 3. The highest BCUT2D eigenvalue weighted by Gasteiger charge is 2.32. The molecule has 0 radical (unpaired) electrons. The summed E-state index contributed by atoms with van der Waals surface area (Å²) in [7, 11) is 0. The van der Waals surface area contributed by atoms with Gasteiger partial charge in [-0.1, -0.05) is 18.2 Å². The Labute approximate surface area is 177 Å². The lowest BCUT2D eigenvalue weighted by Crippen LogP contribution is -2.39. The van der Waals surface area contributed by atoms with Crippen molar-refractivity contribution in [2.75, 3.05) is 5.73 Å². The number of aliphatic hydroxyl groups excluding tert-OH is 1. The van der Waals surface area contributed by atoms with Gasteiger partial charge in [0.05, 0.1) is 5.56 Å². The van der Waals surface area contributed by atoms with Gasteiger partial charge in [-0.15, -0.1) is 0 Å². The van der Waals surface area contributed by atoms with Crippen LogP contribution >= 0.6 is 0 Å². The first-order valence-electron chi connectivity index (χ1n) is 9.40. The van der Waals surface area contributed by atoms with Crippen LogP contribution in [0.1, 0.15) is 38.1 Å². The second-order valence-electron chi connectivity index (χ2n) is 8.12. The Kier molecular flexibility index (Phi) is 6.02. The molecule has 0 aliphatic rings. The van der Waals surface area contributed by atoms with Crippen LogP contribution < -0.4 is 11.1 Å². The van der Waals surface area contributed by atoms with E-state index in [4.69, 9.17) is 5.73 Å². The van der Waals surface area contributed by atoms with Crippen molar-refractivity contribution >= 4 is 5.95 Å². The fourth-order valence-electron chi connectivity index (χ4n) is 3.11. The molecule has 5 nitrogen and oxygen atoms in total. The van der Waals surface area contributed by atoms with Crippen molar-refractivity contribution in [1.29, 1.82) is 0 Å². The maximum Gasteiger partial charge on any atom is 0.416 e. The van der Waals surface area contributed by atoms with E-state index in [0.29, 0.717) is 11.1 Å². The molecule has 3 aromatic rings. The zero-order chi connectivity index (χ0) is 23.0. The molecule has 3 rings (SSSR count).